The zero-order valence-electron chi connectivity index (χ0n) is 13.6. The molecule has 0 saturated heterocycles. The van der Waals surface area contributed by atoms with E-state index < -0.39 is 5.92 Å². The molecule has 0 spiro atoms. The van der Waals surface area contributed by atoms with E-state index in [0.717, 1.165) is 17.5 Å². The van der Waals surface area contributed by atoms with Crippen LogP contribution in [-0.2, 0) is 16.0 Å². The smallest absolute Gasteiger partial charge is 0.227 e. The molecule has 0 saturated carbocycles. The van der Waals surface area contributed by atoms with Crippen LogP contribution in [0, 0.1) is 11.6 Å². The van der Waals surface area contributed by atoms with Crippen molar-refractivity contribution in [3.63, 3.8) is 0 Å². The summed E-state index contributed by atoms with van der Waals surface area (Å²) in [6.07, 6.45) is 1.14. The van der Waals surface area contributed by atoms with Crippen molar-refractivity contribution >= 4 is 5.91 Å². The maximum Gasteiger partial charge on any atom is 0.227 e. The Bertz CT molecular complexity index is 641. The Hall–Kier alpha value is -2.27. The summed E-state index contributed by atoms with van der Waals surface area (Å²) in [7, 11) is 1.61. The van der Waals surface area contributed by atoms with Crippen LogP contribution >= 0.6 is 0 Å². The molecule has 0 fully saturated rings. The second-order valence-electron chi connectivity index (χ2n) is 5.57. The lowest BCUT2D eigenvalue weighted by Crippen LogP contribution is -2.31. The number of amides is 1. The van der Waals surface area contributed by atoms with Crippen LogP contribution in [0.1, 0.15) is 23.5 Å². The van der Waals surface area contributed by atoms with Gasteiger partial charge < -0.3 is 10.1 Å². The van der Waals surface area contributed by atoms with Crippen molar-refractivity contribution in [2.75, 3.05) is 20.3 Å². The van der Waals surface area contributed by atoms with Crippen LogP contribution in [0.25, 0.3) is 0 Å². The van der Waals surface area contributed by atoms with Crippen molar-refractivity contribution in [1.29, 1.82) is 0 Å². The standard InChI is InChI=1S/C19H21F2NO2/c1-24-12-2-11-22-19(23)18(15-5-9-17(21)10-6-15)13-14-3-7-16(20)8-4-14/h3-10,18H,2,11-13H2,1H3,(H,22,23). The first kappa shape index (κ1) is 18.1. The first-order valence-electron chi connectivity index (χ1n) is 7.86. The predicted molar refractivity (Wildman–Crippen MR) is 88.7 cm³/mol. The number of rotatable bonds is 8. The lowest BCUT2D eigenvalue weighted by atomic mass is 9.91. The second-order valence-corrected chi connectivity index (χ2v) is 5.57. The van der Waals surface area contributed by atoms with Gasteiger partial charge in [0, 0.05) is 20.3 Å². The summed E-state index contributed by atoms with van der Waals surface area (Å²) in [5, 5.41) is 2.88. The quantitative estimate of drug-likeness (QED) is 0.752. The number of carbonyl (C=O) groups excluding carboxylic acids is 1. The molecule has 0 aliphatic carbocycles. The van der Waals surface area contributed by atoms with E-state index in [1.165, 1.54) is 24.3 Å². The van der Waals surface area contributed by atoms with E-state index in [2.05, 4.69) is 5.32 Å². The molecule has 2 rings (SSSR count). The largest absolute Gasteiger partial charge is 0.385 e. The average molecular weight is 333 g/mol. The number of benzene rings is 2. The third-order valence-corrected chi connectivity index (χ3v) is 3.77. The molecular formula is C19H21F2NO2. The molecule has 1 atom stereocenters. The number of hydrogen-bond donors (Lipinski definition) is 1. The fraction of sp³-hybridized carbons (Fsp3) is 0.316. The normalized spacial score (nSPS) is 12.0. The van der Waals surface area contributed by atoms with Gasteiger partial charge in [-0.15, -0.1) is 0 Å². The fourth-order valence-electron chi connectivity index (χ4n) is 2.46. The van der Waals surface area contributed by atoms with Crippen LogP contribution in [0.15, 0.2) is 48.5 Å². The highest BCUT2D eigenvalue weighted by atomic mass is 19.1. The minimum Gasteiger partial charge on any atom is -0.385 e. The second kappa shape index (κ2) is 9.13. The Morgan fingerprint density at radius 2 is 1.62 bits per heavy atom. The summed E-state index contributed by atoms with van der Waals surface area (Å²) in [6.45, 7) is 1.08. The fourth-order valence-corrected chi connectivity index (χ4v) is 2.46. The highest BCUT2D eigenvalue weighted by Crippen LogP contribution is 2.22. The number of methoxy groups -OCH3 is 1. The van der Waals surface area contributed by atoms with E-state index in [1.54, 1.807) is 31.4 Å². The molecular weight excluding hydrogens is 312 g/mol. The number of ether oxygens (including phenoxy) is 1. The van der Waals surface area contributed by atoms with Crippen LogP contribution in [0.3, 0.4) is 0 Å². The molecule has 0 aliphatic heterocycles. The minimum absolute atomic E-state index is 0.137. The highest BCUT2D eigenvalue weighted by molar-refractivity contribution is 5.84. The van der Waals surface area contributed by atoms with Gasteiger partial charge in [0.2, 0.25) is 5.91 Å². The Balaban J connectivity index is 2.12. The van der Waals surface area contributed by atoms with Crippen molar-refractivity contribution in [1.82, 2.24) is 5.32 Å². The third kappa shape index (κ3) is 5.42. The number of nitrogens with one attached hydrogen (secondary N) is 1. The van der Waals surface area contributed by atoms with E-state index in [1.807, 2.05) is 0 Å². The van der Waals surface area contributed by atoms with E-state index in [0.29, 0.717) is 19.6 Å². The lowest BCUT2D eigenvalue weighted by Gasteiger charge is -2.17. The first-order valence-corrected chi connectivity index (χ1v) is 7.86. The van der Waals surface area contributed by atoms with Gasteiger partial charge in [-0.3, -0.25) is 4.79 Å². The topological polar surface area (TPSA) is 38.3 Å². The molecule has 0 heterocycles. The van der Waals surface area contributed by atoms with Crippen LogP contribution in [-0.4, -0.2) is 26.2 Å². The van der Waals surface area contributed by atoms with Crippen LogP contribution in [0.5, 0.6) is 0 Å². The zero-order valence-corrected chi connectivity index (χ0v) is 13.6. The number of carbonyl (C=O) groups is 1. The van der Waals surface area contributed by atoms with Gasteiger partial charge in [0.15, 0.2) is 0 Å². The maximum atomic E-state index is 13.2. The maximum absolute atomic E-state index is 13.2. The third-order valence-electron chi connectivity index (χ3n) is 3.77. The van der Waals surface area contributed by atoms with Crippen molar-refractivity contribution in [2.45, 2.75) is 18.8 Å². The summed E-state index contributed by atoms with van der Waals surface area (Å²) in [5.74, 6) is -1.26. The van der Waals surface area contributed by atoms with Gasteiger partial charge in [0.25, 0.3) is 0 Å². The Labute approximate surface area is 140 Å². The number of hydrogen-bond acceptors (Lipinski definition) is 2. The van der Waals surface area contributed by atoms with Crippen LogP contribution in [0.2, 0.25) is 0 Å². The minimum atomic E-state index is -0.460. The Morgan fingerprint density at radius 1 is 1.04 bits per heavy atom. The van der Waals surface area contributed by atoms with E-state index in [-0.39, 0.29) is 17.5 Å². The molecule has 128 valence electrons. The molecule has 0 aliphatic rings. The van der Waals surface area contributed by atoms with Gasteiger partial charge in [0.05, 0.1) is 5.92 Å². The molecule has 24 heavy (non-hydrogen) atoms. The van der Waals surface area contributed by atoms with Crippen molar-refractivity contribution < 1.29 is 18.3 Å². The van der Waals surface area contributed by atoms with Crippen molar-refractivity contribution in [3.05, 3.63) is 71.3 Å². The van der Waals surface area contributed by atoms with E-state index in [4.69, 9.17) is 4.74 Å². The lowest BCUT2D eigenvalue weighted by molar-refractivity contribution is -0.122. The molecule has 0 radical (unpaired) electrons. The van der Waals surface area contributed by atoms with Gasteiger partial charge in [-0.05, 0) is 48.2 Å². The average Bonchev–Trinajstić information content (AvgIpc) is 2.59. The molecule has 2 aromatic carbocycles. The molecule has 1 N–H and O–H groups in total. The summed E-state index contributed by atoms with van der Waals surface area (Å²) in [6, 6.07) is 11.9. The monoisotopic (exact) mass is 333 g/mol. The Kier molecular flexibility index (Phi) is 6.88. The van der Waals surface area contributed by atoms with Gasteiger partial charge in [-0.25, -0.2) is 8.78 Å². The SMILES string of the molecule is COCCCNC(=O)C(Cc1ccc(F)cc1)c1ccc(F)cc1. The van der Waals surface area contributed by atoms with E-state index >= 15 is 0 Å². The summed E-state index contributed by atoms with van der Waals surface area (Å²) in [5.41, 5.74) is 1.57. The van der Waals surface area contributed by atoms with E-state index in [9.17, 15) is 13.6 Å². The van der Waals surface area contributed by atoms with Crippen molar-refractivity contribution in [3.8, 4) is 0 Å². The van der Waals surface area contributed by atoms with Gasteiger partial charge in [0.1, 0.15) is 11.6 Å². The summed E-state index contributed by atoms with van der Waals surface area (Å²) >= 11 is 0. The molecule has 5 heteroatoms. The zero-order chi connectivity index (χ0) is 17.4. The molecule has 0 aromatic heterocycles. The summed E-state index contributed by atoms with van der Waals surface area (Å²) < 4.78 is 31.2. The van der Waals surface area contributed by atoms with Crippen LogP contribution < -0.4 is 5.32 Å². The molecule has 0 bridgehead atoms. The Morgan fingerprint density at radius 3 is 2.21 bits per heavy atom. The predicted octanol–water partition coefficient (Wildman–Crippen LogP) is 3.44. The van der Waals surface area contributed by atoms with Gasteiger partial charge in [-0.2, -0.15) is 0 Å². The van der Waals surface area contributed by atoms with Gasteiger partial charge >= 0.3 is 0 Å². The molecule has 1 amide bonds. The molecule has 2 aromatic rings. The molecule has 3 nitrogen and oxygen atoms in total. The highest BCUT2D eigenvalue weighted by Gasteiger charge is 2.21. The first-order chi connectivity index (χ1) is 11.6. The van der Waals surface area contributed by atoms with Crippen LogP contribution in [0.4, 0.5) is 8.78 Å². The molecule has 1 unspecified atom stereocenters. The van der Waals surface area contributed by atoms with Crippen molar-refractivity contribution in [2.24, 2.45) is 0 Å². The van der Waals surface area contributed by atoms with Gasteiger partial charge in [-0.1, -0.05) is 24.3 Å². The summed E-state index contributed by atoms with van der Waals surface area (Å²) in [4.78, 5) is 12.5. The number of halogens is 2.